The van der Waals surface area contributed by atoms with E-state index in [0.29, 0.717) is 16.2 Å². The van der Waals surface area contributed by atoms with Gasteiger partial charge in [0.2, 0.25) is 5.43 Å². The van der Waals surface area contributed by atoms with Gasteiger partial charge in [0.05, 0.1) is 18.0 Å². The van der Waals surface area contributed by atoms with Crippen molar-refractivity contribution in [2.45, 2.75) is 6.54 Å². The van der Waals surface area contributed by atoms with E-state index in [1.807, 2.05) is 18.2 Å². The number of rotatable bonds is 4. The van der Waals surface area contributed by atoms with Crippen molar-refractivity contribution in [3.63, 3.8) is 0 Å². The molecule has 0 aliphatic heterocycles. The molecule has 0 aliphatic carbocycles. The van der Waals surface area contributed by atoms with Gasteiger partial charge in [0, 0.05) is 24.8 Å². The van der Waals surface area contributed by atoms with Gasteiger partial charge in [0.25, 0.3) is 5.91 Å². The highest BCUT2D eigenvalue weighted by atomic mass is 35.5. The predicted molar refractivity (Wildman–Crippen MR) is 98.4 cm³/mol. The average Bonchev–Trinajstić information content (AvgIpc) is 2.63. The summed E-state index contributed by atoms with van der Waals surface area (Å²) in [5.74, 6) is 0.128. The molecule has 0 saturated heterocycles. The molecule has 0 saturated carbocycles. The molecular weight excluding hydrogens is 340 g/mol. The Morgan fingerprint density at radius 2 is 2.00 bits per heavy atom. The maximum Gasteiger partial charge on any atom is 0.257 e. The summed E-state index contributed by atoms with van der Waals surface area (Å²) in [5.41, 5.74) is 1.27. The van der Waals surface area contributed by atoms with E-state index in [2.05, 4.69) is 5.32 Å². The number of hydrogen-bond donors (Lipinski definition) is 1. The Morgan fingerprint density at radius 1 is 1.24 bits per heavy atom. The smallest absolute Gasteiger partial charge is 0.257 e. The number of pyridine rings is 1. The van der Waals surface area contributed by atoms with Gasteiger partial charge >= 0.3 is 0 Å². The maximum atomic E-state index is 12.7. The van der Waals surface area contributed by atoms with Crippen LogP contribution in [0.1, 0.15) is 15.9 Å². The third kappa shape index (κ3) is 3.37. The molecule has 0 aliphatic rings. The lowest BCUT2D eigenvalue weighted by Crippen LogP contribution is -2.29. The van der Waals surface area contributed by atoms with Crippen LogP contribution in [0.4, 0.5) is 0 Å². The normalized spacial score (nSPS) is 10.7. The number of hydrogen-bond acceptors (Lipinski definition) is 3. The second kappa shape index (κ2) is 6.99. The van der Waals surface area contributed by atoms with E-state index in [1.54, 1.807) is 42.1 Å². The van der Waals surface area contributed by atoms with Crippen molar-refractivity contribution < 1.29 is 9.53 Å². The van der Waals surface area contributed by atoms with Crippen LogP contribution in [-0.4, -0.2) is 17.6 Å². The van der Waals surface area contributed by atoms with Crippen LogP contribution in [0.25, 0.3) is 10.9 Å². The van der Waals surface area contributed by atoms with E-state index in [4.69, 9.17) is 16.3 Å². The first-order chi connectivity index (χ1) is 12.0. The third-order valence-corrected chi connectivity index (χ3v) is 4.41. The lowest BCUT2D eigenvalue weighted by Gasteiger charge is -2.11. The number of aromatic nitrogens is 1. The summed E-state index contributed by atoms with van der Waals surface area (Å²) in [4.78, 5) is 25.2. The molecule has 3 aromatic rings. The quantitative estimate of drug-likeness (QED) is 0.781. The van der Waals surface area contributed by atoms with Crippen LogP contribution in [0.15, 0.2) is 53.5 Å². The van der Waals surface area contributed by atoms with Crippen LogP contribution in [0.2, 0.25) is 5.02 Å². The first-order valence-corrected chi connectivity index (χ1v) is 8.08. The predicted octanol–water partition coefficient (Wildman–Crippen LogP) is 3.13. The SMILES string of the molecule is COc1ccc2c(c1)c(=O)c(C(=O)NCc1ccccc1Cl)cn2C. The highest BCUT2D eigenvalue weighted by Crippen LogP contribution is 2.18. The summed E-state index contributed by atoms with van der Waals surface area (Å²) < 4.78 is 6.92. The number of benzene rings is 2. The fourth-order valence-electron chi connectivity index (χ4n) is 2.67. The molecule has 1 heterocycles. The van der Waals surface area contributed by atoms with Crippen molar-refractivity contribution in [1.29, 1.82) is 0 Å². The number of methoxy groups -OCH3 is 1. The number of fused-ring (bicyclic) bond motifs is 1. The number of carbonyl (C=O) groups is 1. The number of nitrogens with one attached hydrogen (secondary N) is 1. The van der Waals surface area contributed by atoms with Crippen LogP contribution >= 0.6 is 11.6 Å². The van der Waals surface area contributed by atoms with Gasteiger partial charge in [-0.3, -0.25) is 9.59 Å². The zero-order valence-corrected chi connectivity index (χ0v) is 14.6. The van der Waals surface area contributed by atoms with E-state index >= 15 is 0 Å². The average molecular weight is 357 g/mol. The zero-order chi connectivity index (χ0) is 18.0. The van der Waals surface area contributed by atoms with Crippen LogP contribution in [-0.2, 0) is 13.6 Å². The van der Waals surface area contributed by atoms with E-state index in [-0.39, 0.29) is 17.5 Å². The van der Waals surface area contributed by atoms with Gasteiger partial charge in [-0.05, 0) is 29.8 Å². The monoisotopic (exact) mass is 356 g/mol. The third-order valence-electron chi connectivity index (χ3n) is 4.04. The molecule has 1 aromatic heterocycles. The van der Waals surface area contributed by atoms with Crippen LogP contribution in [0.3, 0.4) is 0 Å². The summed E-state index contributed by atoms with van der Waals surface area (Å²) in [5, 5.41) is 3.76. The second-order valence-electron chi connectivity index (χ2n) is 5.64. The van der Waals surface area contributed by atoms with E-state index < -0.39 is 5.91 Å². The molecule has 2 aromatic carbocycles. The van der Waals surface area contributed by atoms with Gasteiger partial charge in [-0.2, -0.15) is 0 Å². The van der Waals surface area contributed by atoms with Crippen LogP contribution < -0.4 is 15.5 Å². The lowest BCUT2D eigenvalue weighted by atomic mass is 10.1. The molecule has 128 valence electrons. The van der Waals surface area contributed by atoms with Crippen molar-refractivity contribution >= 4 is 28.4 Å². The number of ether oxygens (including phenoxy) is 1. The topological polar surface area (TPSA) is 60.3 Å². The number of nitrogens with zero attached hydrogens (tertiary/aromatic N) is 1. The molecular formula is C19H17ClN2O3. The zero-order valence-electron chi connectivity index (χ0n) is 13.9. The molecule has 3 rings (SSSR count). The highest BCUT2D eigenvalue weighted by molar-refractivity contribution is 6.31. The van der Waals surface area contributed by atoms with E-state index in [0.717, 1.165) is 11.1 Å². The first-order valence-electron chi connectivity index (χ1n) is 7.70. The Balaban J connectivity index is 1.95. The summed E-state index contributed by atoms with van der Waals surface area (Å²) in [6, 6.07) is 12.5. The Bertz CT molecular complexity index is 1010. The molecule has 1 amide bonds. The molecule has 25 heavy (non-hydrogen) atoms. The Labute approximate surface area is 149 Å². The van der Waals surface area contributed by atoms with Crippen molar-refractivity contribution in [3.05, 3.63) is 75.0 Å². The van der Waals surface area contributed by atoms with Crippen molar-refractivity contribution in [2.24, 2.45) is 7.05 Å². The van der Waals surface area contributed by atoms with E-state index in [9.17, 15) is 9.59 Å². The Kier molecular flexibility index (Phi) is 4.76. The van der Waals surface area contributed by atoms with Gasteiger partial charge < -0.3 is 14.6 Å². The lowest BCUT2D eigenvalue weighted by molar-refractivity contribution is 0.0949. The molecule has 0 atom stereocenters. The van der Waals surface area contributed by atoms with Crippen molar-refractivity contribution in [1.82, 2.24) is 9.88 Å². The molecule has 1 N–H and O–H groups in total. The van der Waals surface area contributed by atoms with Gasteiger partial charge in [-0.25, -0.2) is 0 Å². The Hall–Kier alpha value is -2.79. The van der Waals surface area contributed by atoms with Gasteiger partial charge in [0.1, 0.15) is 11.3 Å². The summed E-state index contributed by atoms with van der Waals surface area (Å²) in [6.07, 6.45) is 1.54. The molecule has 0 fully saturated rings. The Morgan fingerprint density at radius 3 is 2.72 bits per heavy atom. The van der Waals surface area contributed by atoms with Crippen LogP contribution in [0.5, 0.6) is 5.75 Å². The van der Waals surface area contributed by atoms with Gasteiger partial charge in [-0.1, -0.05) is 29.8 Å². The molecule has 0 bridgehead atoms. The van der Waals surface area contributed by atoms with E-state index in [1.165, 1.54) is 7.11 Å². The second-order valence-corrected chi connectivity index (χ2v) is 6.05. The van der Waals surface area contributed by atoms with Crippen LogP contribution in [0, 0.1) is 0 Å². The standard InChI is InChI=1S/C19H17ClN2O3/c1-22-11-15(18(23)14-9-13(25-2)7-8-17(14)22)19(24)21-10-12-5-3-4-6-16(12)20/h3-9,11H,10H2,1-2H3,(H,21,24). The molecule has 0 unspecified atom stereocenters. The van der Waals surface area contributed by atoms with Gasteiger partial charge in [-0.15, -0.1) is 0 Å². The fraction of sp³-hybridized carbons (Fsp3) is 0.158. The number of carbonyl (C=O) groups excluding carboxylic acids is 1. The summed E-state index contributed by atoms with van der Waals surface area (Å²) in [7, 11) is 3.32. The maximum absolute atomic E-state index is 12.7. The minimum atomic E-state index is -0.440. The highest BCUT2D eigenvalue weighted by Gasteiger charge is 2.15. The number of aryl methyl sites for hydroxylation is 1. The van der Waals surface area contributed by atoms with Gasteiger partial charge in [0.15, 0.2) is 0 Å². The van der Waals surface area contributed by atoms with Crippen molar-refractivity contribution in [2.75, 3.05) is 7.11 Å². The number of amides is 1. The van der Waals surface area contributed by atoms with Crippen molar-refractivity contribution in [3.8, 4) is 5.75 Å². The minimum Gasteiger partial charge on any atom is -0.497 e. The minimum absolute atomic E-state index is 0.0790. The molecule has 5 nitrogen and oxygen atoms in total. The summed E-state index contributed by atoms with van der Waals surface area (Å²) >= 11 is 6.09. The molecule has 6 heteroatoms. The molecule has 0 spiro atoms. The first kappa shape index (κ1) is 17.0. The largest absolute Gasteiger partial charge is 0.497 e. The molecule has 0 radical (unpaired) electrons. The number of halogens is 1. The fourth-order valence-corrected chi connectivity index (χ4v) is 2.88. The summed E-state index contributed by atoms with van der Waals surface area (Å²) in [6.45, 7) is 0.248.